The number of rotatable bonds is 8. The van der Waals surface area contributed by atoms with E-state index in [2.05, 4.69) is 37.7 Å². The fraction of sp³-hybridized carbons (Fsp3) is 0.200. The number of nitrogens with zero attached hydrogens (tertiary/aromatic N) is 3. The molecule has 0 aliphatic carbocycles. The van der Waals surface area contributed by atoms with E-state index in [0.29, 0.717) is 18.1 Å². The van der Waals surface area contributed by atoms with Crippen LogP contribution in [0.3, 0.4) is 0 Å². The molecule has 2 N–H and O–H groups in total. The molecule has 3 rings (SSSR count). The molecule has 2 heterocycles. The second-order valence-corrected chi connectivity index (χ2v) is 5.86. The van der Waals surface area contributed by atoms with Crippen LogP contribution in [-0.2, 0) is 13.0 Å². The van der Waals surface area contributed by atoms with E-state index >= 15 is 0 Å². The minimum atomic E-state index is -0.204. The number of nitrogens with one attached hydrogen (secondary N) is 2. The second-order valence-electron chi connectivity index (χ2n) is 5.86. The first-order valence-corrected chi connectivity index (χ1v) is 8.58. The van der Waals surface area contributed by atoms with Gasteiger partial charge in [0.1, 0.15) is 0 Å². The van der Waals surface area contributed by atoms with Gasteiger partial charge in [-0.1, -0.05) is 36.4 Å². The zero-order valence-corrected chi connectivity index (χ0v) is 14.4. The summed E-state index contributed by atoms with van der Waals surface area (Å²) < 4.78 is 0. The molecule has 3 aromatic rings. The van der Waals surface area contributed by atoms with Crippen molar-refractivity contribution in [2.24, 2.45) is 0 Å². The Labute approximate surface area is 152 Å². The van der Waals surface area contributed by atoms with Crippen LogP contribution >= 0.6 is 0 Å². The number of hydrogen-bond acceptors (Lipinski definition) is 5. The van der Waals surface area contributed by atoms with Crippen LogP contribution in [0.2, 0.25) is 0 Å². The summed E-state index contributed by atoms with van der Waals surface area (Å²) in [7, 11) is 0. The third kappa shape index (κ3) is 5.37. The average molecular weight is 347 g/mol. The van der Waals surface area contributed by atoms with Crippen LogP contribution in [-0.4, -0.2) is 27.4 Å². The molecule has 6 heteroatoms. The Hall–Kier alpha value is -3.28. The van der Waals surface area contributed by atoms with Crippen molar-refractivity contribution in [3.05, 3.63) is 83.9 Å². The van der Waals surface area contributed by atoms with Gasteiger partial charge in [0.2, 0.25) is 5.95 Å². The molecule has 2 aromatic heterocycles. The van der Waals surface area contributed by atoms with Crippen molar-refractivity contribution in [1.82, 2.24) is 20.3 Å². The van der Waals surface area contributed by atoms with E-state index < -0.39 is 0 Å². The molecule has 1 aromatic carbocycles. The number of amides is 1. The fourth-order valence-electron chi connectivity index (χ4n) is 2.46. The van der Waals surface area contributed by atoms with E-state index in [1.54, 1.807) is 12.4 Å². The average Bonchev–Trinajstić information content (AvgIpc) is 2.71. The highest BCUT2D eigenvalue weighted by Crippen LogP contribution is 2.04. The van der Waals surface area contributed by atoms with Crippen LogP contribution in [0.4, 0.5) is 5.95 Å². The first-order valence-electron chi connectivity index (χ1n) is 8.58. The molecular weight excluding hydrogens is 326 g/mol. The topological polar surface area (TPSA) is 79.8 Å². The van der Waals surface area contributed by atoms with Gasteiger partial charge in [-0.15, -0.1) is 0 Å². The SMILES string of the molecule is O=C(NCc1cccnc1)c1cnc(NCCCc2ccccc2)nc1. The van der Waals surface area contributed by atoms with Gasteiger partial charge in [0, 0.05) is 37.9 Å². The van der Waals surface area contributed by atoms with Crippen molar-refractivity contribution in [1.29, 1.82) is 0 Å². The highest BCUT2D eigenvalue weighted by atomic mass is 16.1. The maximum Gasteiger partial charge on any atom is 0.254 e. The Morgan fingerprint density at radius 3 is 2.42 bits per heavy atom. The first-order chi connectivity index (χ1) is 12.8. The fourth-order valence-corrected chi connectivity index (χ4v) is 2.46. The number of aromatic nitrogens is 3. The number of pyridine rings is 1. The number of carbonyl (C=O) groups excluding carboxylic acids is 1. The molecule has 1 amide bonds. The number of carbonyl (C=O) groups is 1. The maximum atomic E-state index is 12.1. The summed E-state index contributed by atoms with van der Waals surface area (Å²) in [5, 5.41) is 6.00. The summed E-state index contributed by atoms with van der Waals surface area (Å²) in [6.07, 6.45) is 8.48. The largest absolute Gasteiger partial charge is 0.354 e. The van der Waals surface area contributed by atoms with Gasteiger partial charge in [0.25, 0.3) is 5.91 Å². The van der Waals surface area contributed by atoms with Crippen molar-refractivity contribution in [2.75, 3.05) is 11.9 Å². The van der Waals surface area contributed by atoms with E-state index in [4.69, 9.17) is 0 Å². The van der Waals surface area contributed by atoms with E-state index in [0.717, 1.165) is 24.9 Å². The van der Waals surface area contributed by atoms with E-state index in [1.165, 1.54) is 18.0 Å². The van der Waals surface area contributed by atoms with Crippen LogP contribution in [0.5, 0.6) is 0 Å². The van der Waals surface area contributed by atoms with Gasteiger partial charge in [-0.2, -0.15) is 0 Å². The van der Waals surface area contributed by atoms with Gasteiger partial charge in [-0.3, -0.25) is 9.78 Å². The molecule has 0 saturated carbocycles. The van der Waals surface area contributed by atoms with Gasteiger partial charge >= 0.3 is 0 Å². The Morgan fingerprint density at radius 2 is 1.69 bits per heavy atom. The Kier molecular flexibility index (Phi) is 6.25. The molecule has 0 aliphatic rings. The molecule has 0 unspecified atom stereocenters. The lowest BCUT2D eigenvalue weighted by molar-refractivity contribution is 0.0950. The Balaban J connectivity index is 1.42. The van der Waals surface area contributed by atoms with Crippen molar-refractivity contribution < 1.29 is 4.79 Å². The lowest BCUT2D eigenvalue weighted by Crippen LogP contribution is -2.23. The standard InChI is InChI=1S/C20H21N5O/c26-19(23-13-17-9-4-10-21-12-17)18-14-24-20(25-15-18)22-11-5-8-16-6-2-1-3-7-16/h1-4,6-7,9-10,12,14-15H,5,8,11,13H2,(H,23,26)(H,22,24,25). The van der Waals surface area contributed by atoms with Crippen LogP contribution in [0.15, 0.2) is 67.3 Å². The maximum absolute atomic E-state index is 12.1. The zero-order chi connectivity index (χ0) is 18.0. The predicted molar refractivity (Wildman–Crippen MR) is 101 cm³/mol. The second kappa shape index (κ2) is 9.27. The summed E-state index contributed by atoms with van der Waals surface area (Å²) >= 11 is 0. The molecule has 0 aliphatic heterocycles. The molecule has 0 saturated heterocycles. The number of benzene rings is 1. The van der Waals surface area contributed by atoms with Gasteiger partial charge in [-0.25, -0.2) is 9.97 Å². The highest BCUT2D eigenvalue weighted by Gasteiger charge is 2.07. The van der Waals surface area contributed by atoms with Crippen LogP contribution in [0, 0.1) is 0 Å². The Morgan fingerprint density at radius 1 is 0.923 bits per heavy atom. The lowest BCUT2D eigenvalue weighted by Gasteiger charge is -2.07. The summed E-state index contributed by atoms with van der Waals surface area (Å²) in [5.41, 5.74) is 2.69. The molecule has 0 bridgehead atoms. The van der Waals surface area contributed by atoms with E-state index in [1.807, 2.05) is 30.3 Å². The summed E-state index contributed by atoms with van der Waals surface area (Å²) in [6, 6.07) is 14.1. The molecule has 6 nitrogen and oxygen atoms in total. The zero-order valence-electron chi connectivity index (χ0n) is 14.4. The lowest BCUT2D eigenvalue weighted by atomic mass is 10.1. The van der Waals surface area contributed by atoms with Crippen molar-refractivity contribution in [3.8, 4) is 0 Å². The Bertz CT molecular complexity index is 807. The van der Waals surface area contributed by atoms with Gasteiger partial charge in [0.15, 0.2) is 0 Å². The number of aryl methyl sites for hydroxylation is 1. The van der Waals surface area contributed by atoms with Crippen molar-refractivity contribution in [3.63, 3.8) is 0 Å². The van der Waals surface area contributed by atoms with Crippen molar-refractivity contribution >= 4 is 11.9 Å². The molecule has 0 spiro atoms. The molecular formula is C20H21N5O. The molecule has 0 fully saturated rings. The van der Waals surface area contributed by atoms with Gasteiger partial charge in [0.05, 0.1) is 5.56 Å². The van der Waals surface area contributed by atoms with E-state index in [-0.39, 0.29) is 5.91 Å². The third-order valence-corrected chi connectivity index (χ3v) is 3.86. The monoisotopic (exact) mass is 347 g/mol. The first kappa shape index (κ1) is 17.5. The normalized spacial score (nSPS) is 10.3. The smallest absolute Gasteiger partial charge is 0.254 e. The van der Waals surface area contributed by atoms with Gasteiger partial charge < -0.3 is 10.6 Å². The predicted octanol–water partition coefficient (Wildman–Crippen LogP) is 2.85. The number of anilines is 1. The summed E-state index contributed by atoms with van der Waals surface area (Å²) in [6.45, 7) is 1.20. The molecule has 132 valence electrons. The summed E-state index contributed by atoms with van der Waals surface area (Å²) in [5.74, 6) is 0.325. The minimum absolute atomic E-state index is 0.204. The molecule has 0 atom stereocenters. The summed E-state index contributed by atoms with van der Waals surface area (Å²) in [4.78, 5) is 24.5. The third-order valence-electron chi connectivity index (χ3n) is 3.86. The molecule has 26 heavy (non-hydrogen) atoms. The van der Waals surface area contributed by atoms with Crippen LogP contribution < -0.4 is 10.6 Å². The minimum Gasteiger partial charge on any atom is -0.354 e. The number of hydrogen-bond donors (Lipinski definition) is 2. The highest BCUT2D eigenvalue weighted by molar-refractivity contribution is 5.93. The molecule has 0 radical (unpaired) electrons. The van der Waals surface area contributed by atoms with Crippen LogP contribution in [0.25, 0.3) is 0 Å². The quantitative estimate of drug-likeness (QED) is 0.613. The van der Waals surface area contributed by atoms with Crippen LogP contribution in [0.1, 0.15) is 27.9 Å². The van der Waals surface area contributed by atoms with Gasteiger partial charge in [-0.05, 0) is 30.0 Å². The van der Waals surface area contributed by atoms with Crippen molar-refractivity contribution in [2.45, 2.75) is 19.4 Å². The van der Waals surface area contributed by atoms with E-state index in [9.17, 15) is 4.79 Å².